The van der Waals surface area contributed by atoms with Crippen molar-refractivity contribution in [2.75, 3.05) is 37.9 Å². The highest BCUT2D eigenvalue weighted by atomic mass is 32.2. The molecule has 0 spiro atoms. The minimum absolute atomic E-state index is 0.0534. The Hall–Kier alpha value is -0.0831. The highest BCUT2D eigenvalue weighted by molar-refractivity contribution is 7.99. The van der Waals surface area contributed by atoms with Gasteiger partial charge >= 0.3 is 8.80 Å². The van der Waals surface area contributed by atoms with Gasteiger partial charge in [0.2, 0.25) is 5.91 Å². The molecule has 22 heavy (non-hydrogen) atoms. The van der Waals surface area contributed by atoms with Crippen LogP contribution in [0.3, 0.4) is 0 Å². The molecule has 5 nitrogen and oxygen atoms in total. The van der Waals surface area contributed by atoms with Crippen molar-refractivity contribution >= 4 is 26.5 Å². The predicted molar refractivity (Wildman–Crippen MR) is 95.2 cm³/mol. The smallest absolute Gasteiger partial charge is 0.374 e. The molecule has 0 aromatic carbocycles. The van der Waals surface area contributed by atoms with Crippen LogP contribution in [0.25, 0.3) is 0 Å². The van der Waals surface area contributed by atoms with Gasteiger partial charge in [-0.25, -0.2) is 0 Å². The standard InChI is InChI=1S/C15H33NO4SSi/c1-6-16-15(17)14(5)13-21-11-10-12-22(18-7-2,19-8-3)20-9-4/h14H,6-13H2,1-5H3,(H,16,17). The molecule has 0 aliphatic rings. The molecule has 0 radical (unpaired) electrons. The fourth-order valence-electron chi connectivity index (χ4n) is 2.08. The van der Waals surface area contributed by atoms with Crippen LogP contribution in [-0.2, 0) is 18.1 Å². The lowest BCUT2D eigenvalue weighted by Crippen LogP contribution is -2.46. The van der Waals surface area contributed by atoms with Gasteiger partial charge in [0, 0.05) is 44.1 Å². The Bertz CT molecular complexity index is 278. The van der Waals surface area contributed by atoms with Crippen molar-refractivity contribution in [3.8, 4) is 0 Å². The minimum atomic E-state index is -2.50. The number of amides is 1. The number of carbonyl (C=O) groups excluding carboxylic acids is 1. The Labute approximate surface area is 141 Å². The first-order valence-electron chi connectivity index (χ1n) is 8.32. The third kappa shape index (κ3) is 9.15. The Kier molecular flexibility index (Phi) is 13.3. The van der Waals surface area contributed by atoms with Crippen molar-refractivity contribution in [2.45, 2.75) is 47.1 Å². The molecule has 1 atom stereocenters. The Balaban J connectivity index is 4.09. The van der Waals surface area contributed by atoms with Gasteiger partial charge < -0.3 is 18.6 Å². The zero-order valence-electron chi connectivity index (χ0n) is 14.8. The van der Waals surface area contributed by atoms with Crippen molar-refractivity contribution in [2.24, 2.45) is 5.92 Å². The largest absolute Gasteiger partial charge is 0.500 e. The molecule has 0 fully saturated rings. The summed E-state index contributed by atoms with van der Waals surface area (Å²) in [4.78, 5) is 11.6. The average molecular weight is 352 g/mol. The summed E-state index contributed by atoms with van der Waals surface area (Å²) in [6.45, 7) is 12.4. The van der Waals surface area contributed by atoms with Crippen LogP contribution in [-0.4, -0.2) is 52.6 Å². The maximum atomic E-state index is 11.6. The molecule has 1 amide bonds. The first-order chi connectivity index (χ1) is 10.5. The zero-order valence-corrected chi connectivity index (χ0v) is 16.6. The monoisotopic (exact) mass is 351 g/mol. The normalized spacial score (nSPS) is 13.1. The molecular weight excluding hydrogens is 318 g/mol. The predicted octanol–water partition coefficient (Wildman–Crippen LogP) is 2.93. The highest BCUT2D eigenvalue weighted by Gasteiger charge is 2.39. The molecule has 0 aromatic rings. The second kappa shape index (κ2) is 13.4. The lowest BCUT2D eigenvalue weighted by atomic mass is 10.2. The molecule has 0 heterocycles. The van der Waals surface area contributed by atoms with Crippen LogP contribution in [0.1, 0.15) is 41.0 Å². The van der Waals surface area contributed by atoms with Crippen molar-refractivity contribution < 1.29 is 18.1 Å². The molecule has 0 aliphatic heterocycles. The summed E-state index contributed by atoms with van der Waals surface area (Å²) < 4.78 is 17.5. The van der Waals surface area contributed by atoms with Crippen molar-refractivity contribution in [1.82, 2.24) is 5.32 Å². The summed E-state index contributed by atoms with van der Waals surface area (Å²) in [6, 6.07) is 0.838. The first-order valence-corrected chi connectivity index (χ1v) is 11.4. The van der Waals surface area contributed by atoms with E-state index < -0.39 is 8.80 Å². The maximum Gasteiger partial charge on any atom is 0.500 e. The third-order valence-corrected chi connectivity index (χ3v) is 7.50. The lowest BCUT2D eigenvalue weighted by molar-refractivity contribution is -0.123. The van der Waals surface area contributed by atoms with Crippen molar-refractivity contribution in [1.29, 1.82) is 0 Å². The van der Waals surface area contributed by atoms with Gasteiger partial charge in [0.15, 0.2) is 0 Å². The summed E-state index contributed by atoms with van der Waals surface area (Å²) in [7, 11) is -2.50. The van der Waals surface area contributed by atoms with Crippen molar-refractivity contribution in [3.05, 3.63) is 0 Å². The number of hydrogen-bond acceptors (Lipinski definition) is 5. The van der Waals surface area contributed by atoms with E-state index in [2.05, 4.69) is 5.32 Å². The van der Waals surface area contributed by atoms with Crippen LogP contribution >= 0.6 is 11.8 Å². The molecule has 0 saturated carbocycles. The van der Waals surface area contributed by atoms with Crippen LogP contribution in [0.2, 0.25) is 6.04 Å². The Morgan fingerprint density at radius 2 is 1.64 bits per heavy atom. The van der Waals surface area contributed by atoms with Gasteiger partial charge in [0.05, 0.1) is 0 Å². The van der Waals surface area contributed by atoms with E-state index in [-0.39, 0.29) is 11.8 Å². The SMILES string of the molecule is CCNC(=O)C(C)CSCCC[Si](OCC)(OCC)OCC. The van der Waals surface area contributed by atoms with Crippen LogP contribution in [0.15, 0.2) is 0 Å². The maximum absolute atomic E-state index is 11.6. The molecule has 0 aliphatic carbocycles. The number of rotatable bonds is 14. The number of nitrogens with one attached hydrogen (secondary N) is 1. The molecule has 7 heteroatoms. The van der Waals surface area contributed by atoms with E-state index in [1.165, 1.54) is 0 Å². The highest BCUT2D eigenvalue weighted by Crippen LogP contribution is 2.20. The van der Waals surface area contributed by atoms with E-state index in [0.717, 1.165) is 24.0 Å². The summed E-state index contributed by atoms with van der Waals surface area (Å²) >= 11 is 1.81. The number of hydrogen-bond donors (Lipinski definition) is 1. The fourth-order valence-corrected chi connectivity index (χ4v) is 5.96. The van der Waals surface area contributed by atoms with E-state index >= 15 is 0 Å². The van der Waals surface area contributed by atoms with Gasteiger partial charge in [0.25, 0.3) is 0 Å². The van der Waals surface area contributed by atoms with Crippen LogP contribution < -0.4 is 5.32 Å². The van der Waals surface area contributed by atoms with Crippen LogP contribution in [0, 0.1) is 5.92 Å². The summed E-state index contributed by atoms with van der Waals surface area (Å²) in [5.74, 6) is 2.03. The second-order valence-electron chi connectivity index (χ2n) is 4.96. The molecule has 0 aromatic heterocycles. The van der Waals surface area contributed by atoms with E-state index in [1.807, 2.05) is 34.6 Å². The topological polar surface area (TPSA) is 56.8 Å². The van der Waals surface area contributed by atoms with Crippen LogP contribution in [0.4, 0.5) is 0 Å². The summed E-state index contributed by atoms with van der Waals surface area (Å²) in [6.07, 6.45) is 0.985. The molecule has 0 rings (SSSR count). The van der Waals surface area contributed by atoms with Gasteiger partial charge in [-0.05, 0) is 39.9 Å². The van der Waals surface area contributed by atoms with Gasteiger partial charge in [-0.15, -0.1) is 0 Å². The van der Waals surface area contributed by atoms with Gasteiger partial charge in [-0.1, -0.05) is 6.92 Å². The van der Waals surface area contributed by atoms with E-state index in [9.17, 15) is 4.79 Å². The van der Waals surface area contributed by atoms with Gasteiger partial charge in [0.1, 0.15) is 0 Å². The lowest BCUT2D eigenvalue weighted by Gasteiger charge is -2.28. The number of thioether (sulfide) groups is 1. The Morgan fingerprint density at radius 3 is 2.09 bits per heavy atom. The molecule has 0 saturated heterocycles. The Morgan fingerprint density at radius 1 is 1.09 bits per heavy atom. The van der Waals surface area contributed by atoms with Gasteiger partial charge in [-0.2, -0.15) is 11.8 Å². The zero-order chi connectivity index (χ0) is 16.8. The molecule has 0 bridgehead atoms. The molecule has 1 unspecified atom stereocenters. The third-order valence-electron chi connectivity index (χ3n) is 3.03. The molecular formula is C15H33NO4SSi. The number of carbonyl (C=O) groups is 1. The average Bonchev–Trinajstić information content (AvgIpc) is 2.47. The second-order valence-corrected chi connectivity index (χ2v) is 8.84. The van der Waals surface area contributed by atoms with E-state index in [0.29, 0.717) is 26.4 Å². The fraction of sp³-hybridized carbons (Fsp3) is 0.933. The van der Waals surface area contributed by atoms with Crippen LogP contribution in [0.5, 0.6) is 0 Å². The minimum Gasteiger partial charge on any atom is -0.374 e. The molecule has 132 valence electrons. The summed E-state index contributed by atoms with van der Waals surface area (Å²) in [5, 5.41) is 2.86. The molecule has 1 N–H and O–H groups in total. The first kappa shape index (κ1) is 21.9. The van der Waals surface area contributed by atoms with Gasteiger partial charge in [-0.3, -0.25) is 4.79 Å². The van der Waals surface area contributed by atoms with E-state index in [1.54, 1.807) is 11.8 Å². The van der Waals surface area contributed by atoms with Crippen molar-refractivity contribution in [3.63, 3.8) is 0 Å². The summed E-state index contributed by atoms with van der Waals surface area (Å²) in [5.41, 5.74) is 0. The van der Waals surface area contributed by atoms with E-state index in [4.69, 9.17) is 13.3 Å². The quantitative estimate of drug-likeness (QED) is 0.385.